The molecule has 0 aromatic heterocycles. The van der Waals surface area contributed by atoms with Crippen LogP contribution in [0.15, 0.2) is 24.3 Å². The molecule has 0 atom stereocenters. The van der Waals surface area contributed by atoms with Crippen LogP contribution in [0.2, 0.25) is 0 Å². The molecule has 0 bridgehead atoms. The van der Waals surface area contributed by atoms with Gasteiger partial charge in [-0.3, -0.25) is 4.79 Å². The lowest BCUT2D eigenvalue weighted by molar-refractivity contribution is -0.110. The molecule has 1 amide bonds. The number of nitrogens with one attached hydrogen (secondary N) is 1. The Morgan fingerprint density at radius 3 is 2.33 bits per heavy atom. The van der Waals surface area contributed by atoms with E-state index in [0.29, 0.717) is 12.1 Å². The van der Waals surface area contributed by atoms with Crippen LogP contribution in [0, 0.1) is 11.7 Å². The molecule has 0 heterocycles. The van der Waals surface area contributed by atoms with E-state index in [2.05, 4.69) is 10.2 Å². The Kier molecular flexibility index (Phi) is 4.42. The van der Waals surface area contributed by atoms with Gasteiger partial charge in [-0.2, -0.15) is 0 Å². The molecule has 2 aliphatic rings. The quantitative estimate of drug-likeness (QED) is 0.817. The Bertz CT molecular complexity index is 464. The first kappa shape index (κ1) is 14.4. The maximum Gasteiger partial charge on any atom is 0.207 e. The SMILES string of the molecule is O=CN[C@H]1CC[C@@H](N(CC2CC2)c2ccc(F)cc2)CC1. The summed E-state index contributed by atoms with van der Waals surface area (Å²) in [6, 6.07) is 7.74. The van der Waals surface area contributed by atoms with Gasteiger partial charge in [0.15, 0.2) is 0 Å². The first-order chi connectivity index (χ1) is 10.3. The number of hydrogen-bond acceptors (Lipinski definition) is 2. The van der Waals surface area contributed by atoms with Crippen molar-refractivity contribution in [3.05, 3.63) is 30.1 Å². The number of amides is 1. The van der Waals surface area contributed by atoms with Crippen LogP contribution in [0.25, 0.3) is 0 Å². The lowest BCUT2D eigenvalue weighted by atomic mass is 9.89. The highest BCUT2D eigenvalue weighted by atomic mass is 19.1. The summed E-state index contributed by atoms with van der Waals surface area (Å²) in [5, 5.41) is 2.90. The number of nitrogens with zero attached hydrogens (tertiary/aromatic N) is 1. The van der Waals surface area contributed by atoms with Gasteiger partial charge in [0.25, 0.3) is 0 Å². The Hall–Kier alpha value is -1.58. The van der Waals surface area contributed by atoms with Crippen LogP contribution in [0.4, 0.5) is 10.1 Å². The summed E-state index contributed by atoms with van der Waals surface area (Å²) in [6.07, 6.45) is 7.70. The Balaban J connectivity index is 1.67. The van der Waals surface area contributed by atoms with Gasteiger partial charge in [-0.05, 0) is 68.7 Å². The van der Waals surface area contributed by atoms with E-state index in [1.807, 2.05) is 12.1 Å². The number of hydrogen-bond donors (Lipinski definition) is 1. The van der Waals surface area contributed by atoms with Crippen molar-refractivity contribution in [3.8, 4) is 0 Å². The highest BCUT2D eigenvalue weighted by Gasteiger charge is 2.30. The van der Waals surface area contributed by atoms with Crippen molar-refractivity contribution in [1.29, 1.82) is 0 Å². The van der Waals surface area contributed by atoms with Gasteiger partial charge in [-0.25, -0.2) is 4.39 Å². The van der Waals surface area contributed by atoms with Gasteiger partial charge in [0.05, 0.1) is 0 Å². The van der Waals surface area contributed by atoms with Crippen LogP contribution in [0.5, 0.6) is 0 Å². The molecule has 3 rings (SSSR count). The third-order valence-corrected chi connectivity index (χ3v) is 4.75. The molecule has 1 aromatic rings. The fraction of sp³-hybridized carbons (Fsp3) is 0.588. The molecule has 0 spiro atoms. The molecule has 2 aliphatic carbocycles. The van der Waals surface area contributed by atoms with E-state index >= 15 is 0 Å². The van der Waals surface area contributed by atoms with E-state index in [1.54, 1.807) is 12.1 Å². The second-order valence-electron chi connectivity index (χ2n) is 6.36. The van der Waals surface area contributed by atoms with Crippen LogP contribution in [0.1, 0.15) is 38.5 Å². The molecule has 1 aromatic carbocycles. The summed E-state index contributed by atoms with van der Waals surface area (Å²) < 4.78 is 13.1. The van der Waals surface area contributed by atoms with Crippen LogP contribution < -0.4 is 10.2 Å². The second-order valence-corrected chi connectivity index (χ2v) is 6.36. The van der Waals surface area contributed by atoms with Crippen molar-refractivity contribution in [1.82, 2.24) is 5.32 Å². The average molecular weight is 290 g/mol. The van der Waals surface area contributed by atoms with Gasteiger partial charge in [0, 0.05) is 24.3 Å². The molecule has 21 heavy (non-hydrogen) atoms. The van der Waals surface area contributed by atoms with E-state index < -0.39 is 0 Å². The lowest BCUT2D eigenvalue weighted by Crippen LogP contribution is -2.43. The molecule has 0 unspecified atom stereocenters. The van der Waals surface area contributed by atoms with Crippen LogP contribution in [-0.2, 0) is 4.79 Å². The standard InChI is InChI=1S/C17H23FN2O/c18-14-3-7-16(8-4-14)20(11-13-1-2-13)17-9-5-15(6-10-17)19-12-21/h3-4,7-8,12-13,15,17H,1-2,5-6,9-11H2,(H,19,21)/t15-,17+. The van der Waals surface area contributed by atoms with Gasteiger partial charge >= 0.3 is 0 Å². The number of benzene rings is 1. The van der Waals surface area contributed by atoms with Crippen molar-refractivity contribution in [2.24, 2.45) is 5.92 Å². The molecule has 0 aliphatic heterocycles. The van der Waals surface area contributed by atoms with E-state index in [4.69, 9.17) is 0 Å². The van der Waals surface area contributed by atoms with Gasteiger partial charge in [-0.1, -0.05) is 0 Å². The zero-order chi connectivity index (χ0) is 14.7. The Labute approximate surface area is 125 Å². The summed E-state index contributed by atoms with van der Waals surface area (Å²) in [4.78, 5) is 13.0. The number of carbonyl (C=O) groups is 1. The second kappa shape index (κ2) is 6.46. The van der Waals surface area contributed by atoms with E-state index in [0.717, 1.165) is 50.2 Å². The van der Waals surface area contributed by atoms with Gasteiger partial charge < -0.3 is 10.2 Å². The zero-order valence-corrected chi connectivity index (χ0v) is 12.3. The summed E-state index contributed by atoms with van der Waals surface area (Å²) in [5.41, 5.74) is 1.13. The molecule has 0 radical (unpaired) electrons. The topological polar surface area (TPSA) is 32.3 Å². The van der Waals surface area contributed by atoms with Gasteiger partial charge in [0.1, 0.15) is 5.82 Å². The fourth-order valence-electron chi connectivity index (χ4n) is 3.33. The number of anilines is 1. The van der Waals surface area contributed by atoms with E-state index in [9.17, 15) is 9.18 Å². The number of rotatable bonds is 6. The predicted octanol–water partition coefficient (Wildman–Crippen LogP) is 3.10. The van der Waals surface area contributed by atoms with Gasteiger partial charge in [-0.15, -0.1) is 0 Å². The van der Waals surface area contributed by atoms with Crippen LogP contribution in [-0.4, -0.2) is 25.0 Å². The van der Waals surface area contributed by atoms with Crippen LogP contribution >= 0.6 is 0 Å². The molecule has 1 N–H and O–H groups in total. The summed E-state index contributed by atoms with van der Waals surface area (Å²) in [6.45, 7) is 1.09. The fourth-order valence-corrected chi connectivity index (χ4v) is 3.33. The first-order valence-corrected chi connectivity index (χ1v) is 7.98. The largest absolute Gasteiger partial charge is 0.368 e. The Morgan fingerprint density at radius 2 is 1.76 bits per heavy atom. The molecule has 0 saturated heterocycles. The third-order valence-electron chi connectivity index (χ3n) is 4.75. The third kappa shape index (κ3) is 3.74. The summed E-state index contributed by atoms with van der Waals surface area (Å²) in [5.74, 6) is 0.630. The van der Waals surface area contributed by atoms with Crippen molar-refractivity contribution in [2.45, 2.75) is 50.6 Å². The van der Waals surface area contributed by atoms with Crippen molar-refractivity contribution in [3.63, 3.8) is 0 Å². The average Bonchev–Trinajstić information content (AvgIpc) is 3.31. The van der Waals surface area contributed by atoms with E-state index in [-0.39, 0.29) is 5.82 Å². The smallest absolute Gasteiger partial charge is 0.207 e. The summed E-state index contributed by atoms with van der Waals surface area (Å²) >= 11 is 0. The molecular weight excluding hydrogens is 267 g/mol. The molecule has 4 heteroatoms. The molecule has 114 valence electrons. The van der Waals surface area contributed by atoms with Crippen molar-refractivity contribution in [2.75, 3.05) is 11.4 Å². The predicted molar refractivity (Wildman–Crippen MR) is 81.7 cm³/mol. The lowest BCUT2D eigenvalue weighted by Gasteiger charge is -2.38. The van der Waals surface area contributed by atoms with Crippen LogP contribution in [0.3, 0.4) is 0 Å². The highest BCUT2D eigenvalue weighted by molar-refractivity contribution is 5.48. The van der Waals surface area contributed by atoms with Crippen molar-refractivity contribution >= 4 is 12.1 Å². The molecular formula is C17H23FN2O. The zero-order valence-electron chi connectivity index (χ0n) is 12.3. The minimum absolute atomic E-state index is 0.177. The molecule has 2 fully saturated rings. The van der Waals surface area contributed by atoms with E-state index in [1.165, 1.54) is 12.8 Å². The molecule has 3 nitrogen and oxygen atoms in total. The highest BCUT2D eigenvalue weighted by Crippen LogP contribution is 2.35. The maximum atomic E-state index is 13.1. The first-order valence-electron chi connectivity index (χ1n) is 7.98. The molecule has 2 saturated carbocycles. The van der Waals surface area contributed by atoms with Crippen molar-refractivity contribution < 1.29 is 9.18 Å². The maximum absolute atomic E-state index is 13.1. The minimum Gasteiger partial charge on any atom is -0.368 e. The minimum atomic E-state index is -0.177. The number of carbonyl (C=O) groups excluding carboxylic acids is 1. The number of halogens is 1. The van der Waals surface area contributed by atoms with Gasteiger partial charge in [0.2, 0.25) is 6.41 Å². The normalized spacial score (nSPS) is 25.4. The monoisotopic (exact) mass is 290 g/mol. The summed E-state index contributed by atoms with van der Waals surface area (Å²) in [7, 11) is 0. The Morgan fingerprint density at radius 1 is 1.10 bits per heavy atom.